The maximum absolute atomic E-state index is 13.4. The van der Waals surface area contributed by atoms with Gasteiger partial charge in [-0.1, -0.05) is 0 Å². The van der Waals surface area contributed by atoms with E-state index in [1.165, 1.54) is 26.2 Å². The molecule has 0 atom stereocenters. The Labute approximate surface area is 184 Å². The summed E-state index contributed by atoms with van der Waals surface area (Å²) in [5.74, 6) is -2.78. The average Bonchev–Trinajstić information content (AvgIpc) is 2.77. The molecule has 1 N–H and O–H groups in total. The van der Waals surface area contributed by atoms with Crippen molar-refractivity contribution in [3.63, 3.8) is 0 Å². The van der Waals surface area contributed by atoms with Gasteiger partial charge in [0, 0.05) is 19.8 Å². The molecule has 0 radical (unpaired) electrons. The number of carboxylic acid groups (broad SMARTS) is 1. The zero-order chi connectivity index (χ0) is 23.6. The van der Waals surface area contributed by atoms with Gasteiger partial charge in [-0.15, -0.1) is 0 Å². The summed E-state index contributed by atoms with van der Waals surface area (Å²) < 4.78 is 5.24. The molecule has 0 aliphatic carbocycles. The summed E-state index contributed by atoms with van der Waals surface area (Å²) >= 11 is 0. The number of benzene rings is 2. The van der Waals surface area contributed by atoms with Gasteiger partial charge in [-0.05, 0) is 55.0 Å². The van der Waals surface area contributed by atoms with Gasteiger partial charge in [0.25, 0.3) is 17.5 Å². The van der Waals surface area contributed by atoms with Crippen LogP contribution in [0.1, 0.15) is 17.3 Å². The van der Waals surface area contributed by atoms with Crippen LogP contribution in [0.2, 0.25) is 0 Å². The summed E-state index contributed by atoms with van der Waals surface area (Å²) in [7, 11) is 5.11. The van der Waals surface area contributed by atoms with E-state index in [4.69, 9.17) is 11.3 Å². The van der Waals surface area contributed by atoms with Crippen LogP contribution in [0.5, 0.6) is 5.75 Å². The lowest BCUT2D eigenvalue weighted by Crippen LogP contribution is -2.46. The lowest BCUT2D eigenvalue weighted by molar-refractivity contribution is -0.121. The van der Waals surface area contributed by atoms with Crippen molar-refractivity contribution in [2.45, 2.75) is 6.92 Å². The number of anilines is 2. The zero-order valence-corrected chi connectivity index (χ0v) is 17.9. The van der Waals surface area contributed by atoms with E-state index in [-0.39, 0.29) is 34.0 Å². The van der Waals surface area contributed by atoms with Crippen molar-refractivity contribution in [1.82, 2.24) is 0 Å². The van der Waals surface area contributed by atoms with Gasteiger partial charge >= 0.3 is 5.97 Å². The molecule has 0 unspecified atom stereocenters. The molecule has 0 spiro atoms. The SMILES string of the molecule is [C-]#[N+]C1=C(C)C(=Nc2ccc(N(C)C)cc2)C(=O)N(c2cc(C(=O)O)ccc2OC)C1=O. The van der Waals surface area contributed by atoms with Crippen molar-refractivity contribution in [1.29, 1.82) is 0 Å². The summed E-state index contributed by atoms with van der Waals surface area (Å²) in [4.78, 5) is 48.2. The molecule has 0 aromatic heterocycles. The highest BCUT2D eigenvalue weighted by Crippen LogP contribution is 2.34. The van der Waals surface area contributed by atoms with E-state index in [1.807, 2.05) is 31.1 Å². The molecule has 162 valence electrons. The van der Waals surface area contributed by atoms with Crippen molar-refractivity contribution in [2.75, 3.05) is 31.0 Å². The van der Waals surface area contributed by atoms with Gasteiger partial charge < -0.3 is 14.7 Å². The predicted octanol–water partition coefficient (Wildman–Crippen LogP) is 3.30. The Morgan fingerprint density at radius 3 is 2.31 bits per heavy atom. The second-order valence-electron chi connectivity index (χ2n) is 7.09. The molecular formula is C23H20N4O5. The van der Waals surface area contributed by atoms with Crippen LogP contribution < -0.4 is 14.5 Å². The number of hydrogen-bond acceptors (Lipinski definition) is 6. The van der Waals surface area contributed by atoms with Crippen LogP contribution in [-0.2, 0) is 9.59 Å². The number of carbonyl (C=O) groups excluding carboxylic acids is 2. The molecule has 9 nitrogen and oxygen atoms in total. The number of nitrogens with zero attached hydrogens (tertiary/aromatic N) is 4. The fourth-order valence-corrected chi connectivity index (χ4v) is 3.17. The van der Waals surface area contributed by atoms with Crippen LogP contribution in [0.15, 0.2) is 58.7 Å². The summed E-state index contributed by atoms with van der Waals surface area (Å²) in [6.07, 6.45) is 0. The summed E-state index contributed by atoms with van der Waals surface area (Å²) in [5, 5.41) is 9.34. The molecule has 2 aromatic rings. The van der Waals surface area contributed by atoms with Gasteiger partial charge in [0.2, 0.25) is 0 Å². The van der Waals surface area contributed by atoms with Crippen LogP contribution in [0, 0.1) is 6.57 Å². The molecular weight excluding hydrogens is 412 g/mol. The summed E-state index contributed by atoms with van der Waals surface area (Å²) in [5.41, 5.74) is 0.957. The Bertz CT molecular complexity index is 1220. The number of methoxy groups -OCH3 is 1. The van der Waals surface area contributed by atoms with Crippen molar-refractivity contribution in [2.24, 2.45) is 4.99 Å². The molecule has 3 rings (SSSR count). The molecule has 2 amide bonds. The monoisotopic (exact) mass is 432 g/mol. The minimum absolute atomic E-state index is 0.0771. The Kier molecular flexibility index (Phi) is 6.07. The smallest absolute Gasteiger partial charge is 0.335 e. The average molecular weight is 432 g/mol. The highest BCUT2D eigenvalue weighted by Gasteiger charge is 2.39. The van der Waals surface area contributed by atoms with E-state index in [2.05, 4.69) is 9.84 Å². The van der Waals surface area contributed by atoms with Gasteiger partial charge in [-0.25, -0.2) is 19.5 Å². The van der Waals surface area contributed by atoms with Gasteiger partial charge in [0.05, 0.1) is 30.6 Å². The molecule has 0 fully saturated rings. The van der Waals surface area contributed by atoms with Crippen molar-refractivity contribution in [3.8, 4) is 5.75 Å². The number of aliphatic imine (C=N–C) groups is 1. The van der Waals surface area contributed by atoms with Gasteiger partial charge in [0.15, 0.2) is 0 Å². The number of carbonyl (C=O) groups is 3. The van der Waals surface area contributed by atoms with Crippen molar-refractivity contribution >= 4 is 40.6 Å². The fourth-order valence-electron chi connectivity index (χ4n) is 3.17. The molecule has 0 bridgehead atoms. The number of hydrogen-bond donors (Lipinski definition) is 1. The number of amides is 2. The predicted molar refractivity (Wildman–Crippen MR) is 120 cm³/mol. The maximum Gasteiger partial charge on any atom is 0.335 e. The van der Waals surface area contributed by atoms with Gasteiger partial charge in [-0.3, -0.25) is 9.59 Å². The van der Waals surface area contributed by atoms with E-state index in [9.17, 15) is 19.5 Å². The highest BCUT2D eigenvalue weighted by molar-refractivity contribution is 6.57. The first-order valence-electron chi connectivity index (χ1n) is 9.44. The lowest BCUT2D eigenvalue weighted by atomic mass is 10.0. The topological polar surface area (TPSA) is 104 Å². The molecule has 0 saturated heterocycles. The number of aromatic carboxylic acids is 1. The van der Waals surface area contributed by atoms with E-state index in [0.717, 1.165) is 16.7 Å². The molecule has 1 heterocycles. The van der Waals surface area contributed by atoms with E-state index in [1.54, 1.807) is 12.1 Å². The standard InChI is InChI=1S/C23H20N4O5/c1-13-19(24-2)21(28)27(17-12-14(23(30)31)6-11-18(17)32-5)22(29)20(13)25-15-7-9-16(10-8-15)26(3)4/h6-12H,1,3-5H3,(H,30,31). The van der Waals surface area contributed by atoms with Crippen LogP contribution in [0.25, 0.3) is 4.85 Å². The van der Waals surface area contributed by atoms with E-state index in [0.29, 0.717) is 5.69 Å². The molecule has 32 heavy (non-hydrogen) atoms. The molecule has 1 aliphatic heterocycles. The first kappa shape index (κ1) is 22.2. The number of carboxylic acids is 1. The zero-order valence-electron chi connectivity index (χ0n) is 17.9. The second-order valence-corrected chi connectivity index (χ2v) is 7.09. The molecule has 1 aliphatic rings. The normalized spacial score (nSPS) is 15.1. The third-order valence-corrected chi connectivity index (χ3v) is 4.91. The van der Waals surface area contributed by atoms with E-state index < -0.39 is 17.8 Å². The minimum atomic E-state index is -1.24. The molecule has 9 heteroatoms. The van der Waals surface area contributed by atoms with Gasteiger partial charge in [0.1, 0.15) is 11.5 Å². The Hall–Kier alpha value is -4.45. The van der Waals surface area contributed by atoms with Crippen LogP contribution >= 0.6 is 0 Å². The third kappa shape index (κ3) is 3.94. The first-order valence-corrected chi connectivity index (χ1v) is 9.44. The van der Waals surface area contributed by atoms with Crippen LogP contribution in [-0.4, -0.2) is 49.8 Å². The summed E-state index contributed by atoms with van der Waals surface area (Å²) in [6.45, 7) is 8.94. The van der Waals surface area contributed by atoms with Crippen molar-refractivity contribution in [3.05, 3.63) is 70.7 Å². The van der Waals surface area contributed by atoms with Crippen molar-refractivity contribution < 1.29 is 24.2 Å². The Morgan fingerprint density at radius 1 is 1.12 bits per heavy atom. The maximum atomic E-state index is 13.4. The Morgan fingerprint density at radius 2 is 1.78 bits per heavy atom. The Balaban J connectivity index is 2.18. The molecule has 0 saturated carbocycles. The number of rotatable bonds is 5. The quantitative estimate of drug-likeness (QED) is 0.574. The van der Waals surface area contributed by atoms with Gasteiger partial charge in [-0.2, -0.15) is 0 Å². The van der Waals surface area contributed by atoms with Crippen LogP contribution in [0.3, 0.4) is 0 Å². The second kappa shape index (κ2) is 8.73. The van der Waals surface area contributed by atoms with E-state index >= 15 is 0 Å². The summed E-state index contributed by atoms with van der Waals surface area (Å²) in [6, 6.07) is 10.9. The minimum Gasteiger partial charge on any atom is -0.495 e. The highest BCUT2D eigenvalue weighted by atomic mass is 16.5. The number of imide groups is 1. The van der Waals surface area contributed by atoms with Crippen LogP contribution in [0.4, 0.5) is 17.1 Å². The number of ether oxygens (including phenoxy) is 1. The lowest BCUT2D eigenvalue weighted by Gasteiger charge is -2.28. The fraction of sp³-hybridized carbons (Fsp3) is 0.174. The first-order chi connectivity index (χ1) is 15.2. The molecule has 2 aromatic carbocycles. The largest absolute Gasteiger partial charge is 0.495 e. The third-order valence-electron chi connectivity index (χ3n) is 4.91.